The summed E-state index contributed by atoms with van der Waals surface area (Å²) in [6, 6.07) is 13.5. The minimum atomic E-state index is -0.453. The van der Waals surface area contributed by atoms with E-state index in [-0.39, 0.29) is 23.8 Å². The molecule has 6 nitrogen and oxygen atoms in total. The lowest BCUT2D eigenvalue weighted by molar-refractivity contribution is -0.134. The molecule has 1 atom stereocenters. The van der Waals surface area contributed by atoms with Crippen molar-refractivity contribution in [3.63, 3.8) is 0 Å². The van der Waals surface area contributed by atoms with Crippen molar-refractivity contribution < 1.29 is 9.59 Å². The Bertz CT molecular complexity index is 805. The molecule has 0 bridgehead atoms. The summed E-state index contributed by atoms with van der Waals surface area (Å²) in [4.78, 5) is 31.4. The van der Waals surface area contributed by atoms with E-state index in [0.29, 0.717) is 13.1 Å². The predicted octanol–water partition coefficient (Wildman–Crippen LogP) is 1.58. The van der Waals surface area contributed by atoms with Crippen LogP contribution in [0.3, 0.4) is 0 Å². The minimum absolute atomic E-state index is 0.0745. The van der Waals surface area contributed by atoms with Gasteiger partial charge in [-0.15, -0.1) is 0 Å². The Hall–Kier alpha value is -2.73. The Morgan fingerprint density at radius 3 is 2.74 bits per heavy atom. The fourth-order valence-electron chi connectivity index (χ4n) is 3.76. The predicted molar refractivity (Wildman–Crippen MR) is 102 cm³/mol. The van der Waals surface area contributed by atoms with Gasteiger partial charge in [-0.2, -0.15) is 0 Å². The molecule has 0 spiro atoms. The van der Waals surface area contributed by atoms with Crippen LogP contribution in [0.4, 0.5) is 0 Å². The molecule has 1 aromatic carbocycles. The highest BCUT2D eigenvalue weighted by molar-refractivity contribution is 5.89. The fraction of sp³-hybridized carbons (Fsp3) is 0.381. The van der Waals surface area contributed by atoms with Gasteiger partial charge in [-0.3, -0.25) is 19.5 Å². The topological polar surface area (TPSA) is 74.3 Å². The number of carbonyl (C=O) groups excluding carboxylic acids is 2. The molecule has 1 aliphatic heterocycles. The lowest BCUT2D eigenvalue weighted by Gasteiger charge is -2.35. The monoisotopic (exact) mass is 364 g/mol. The van der Waals surface area contributed by atoms with Gasteiger partial charge in [0.25, 0.3) is 0 Å². The zero-order valence-corrected chi connectivity index (χ0v) is 15.2. The molecule has 2 fully saturated rings. The van der Waals surface area contributed by atoms with Gasteiger partial charge < -0.3 is 10.6 Å². The van der Waals surface area contributed by atoms with Crippen LogP contribution in [0.2, 0.25) is 0 Å². The first-order chi connectivity index (χ1) is 13.2. The zero-order chi connectivity index (χ0) is 18.7. The van der Waals surface area contributed by atoms with Crippen LogP contribution in [-0.2, 0) is 21.7 Å². The van der Waals surface area contributed by atoms with Gasteiger partial charge in [-0.1, -0.05) is 36.4 Å². The average Bonchev–Trinajstić information content (AvgIpc) is 3.47. The van der Waals surface area contributed by atoms with Crippen LogP contribution in [0, 0.1) is 0 Å². The number of hydrogen-bond donors (Lipinski definition) is 2. The molecule has 140 valence electrons. The van der Waals surface area contributed by atoms with Crippen LogP contribution in [-0.4, -0.2) is 40.8 Å². The second-order valence-corrected chi connectivity index (χ2v) is 7.34. The van der Waals surface area contributed by atoms with Gasteiger partial charge in [0.2, 0.25) is 11.8 Å². The number of aromatic nitrogens is 1. The lowest BCUT2D eigenvalue weighted by Crippen LogP contribution is -2.56. The molecular weight excluding hydrogens is 340 g/mol. The van der Waals surface area contributed by atoms with Crippen LogP contribution in [0.25, 0.3) is 0 Å². The smallest absolute Gasteiger partial charge is 0.237 e. The maximum atomic E-state index is 12.8. The number of hydrogen-bond acceptors (Lipinski definition) is 4. The second-order valence-electron chi connectivity index (χ2n) is 7.34. The molecular formula is C21H24N4O2. The normalized spacial score (nSPS) is 21.3. The van der Waals surface area contributed by atoms with Crippen molar-refractivity contribution >= 4 is 11.8 Å². The van der Waals surface area contributed by atoms with Gasteiger partial charge >= 0.3 is 0 Å². The number of carbonyl (C=O) groups is 2. The third-order valence-electron chi connectivity index (χ3n) is 5.38. The summed E-state index contributed by atoms with van der Waals surface area (Å²) < 4.78 is 0. The van der Waals surface area contributed by atoms with Gasteiger partial charge in [-0.25, -0.2) is 0 Å². The molecule has 2 N–H and O–H groups in total. The highest BCUT2D eigenvalue weighted by atomic mass is 16.2. The number of nitrogens with zero attached hydrogens (tertiary/aromatic N) is 2. The Labute approximate surface area is 159 Å². The molecule has 4 rings (SSSR count). The van der Waals surface area contributed by atoms with Crippen molar-refractivity contribution in [1.29, 1.82) is 0 Å². The van der Waals surface area contributed by atoms with Crippen LogP contribution < -0.4 is 10.6 Å². The fourth-order valence-corrected chi connectivity index (χ4v) is 3.76. The average molecular weight is 364 g/mol. The van der Waals surface area contributed by atoms with E-state index in [4.69, 9.17) is 0 Å². The van der Waals surface area contributed by atoms with E-state index in [0.717, 1.165) is 30.5 Å². The summed E-state index contributed by atoms with van der Waals surface area (Å²) in [5, 5.41) is 6.07. The maximum Gasteiger partial charge on any atom is 0.237 e. The zero-order valence-electron chi connectivity index (χ0n) is 15.2. The number of piperazine rings is 1. The van der Waals surface area contributed by atoms with Gasteiger partial charge in [0.15, 0.2) is 0 Å². The Morgan fingerprint density at radius 1 is 1.22 bits per heavy atom. The van der Waals surface area contributed by atoms with E-state index in [1.807, 2.05) is 30.3 Å². The van der Waals surface area contributed by atoms with Gasteiger partial charge in [0.1, 0.15) is 0 Å². The van der Waals surface area contributed by atoms with Crippen molar-refractivity contribution in [3.8, 4) is 0 Å². The molecule has 1 saturated heterocycles. The Balaban J connectivity index is 1.43. The van der Waals surface area contributed by atoms with E-state index in [1.165, 1.54) is 0 Å². The van der Waals surface area contributed by atoms with E-state index in [9.17, 15) is 9.59 Å². The van der Waals surface area contributed by atoms with Crippen LogP contribution >= 0.6 is 0 Å². The van der Waals surface area contributed by atoms with Gasteiger partial charge in [0, 0.05) is 32.0 Å². The molecule has 27 heavy (non-hydrogen) atoms. The van der Waals surface area contributed by atoms with E-state index in [2.05, 4.69) is 32.7 Å². The third kappa shape index (κ3) is 4.01. The van der Waals surface area contributed by atoms with Crippen LogP contribution in [0.15, 0.2) is 54.9 Å². The van der Waals surface area contributed by atoms with E-state index < -0.39 is 6.04 Å². The number of rotatable bonds is 6. The molecule has 0 radical (unpaired) electrons. The maximum absolute atomic E-state index is 12.8. The largest absolute Gasteiger partial charge is 0.353 e. The van der Waals surface area contributed by atoms with Crippen molar-refractivity contribution in [3.05, 3.63) is 66.0 Å². The number of amides is 2. The molecule has 1 aromatic heterocycles. The minimum Gasteiger partial charge on any atom is -0.353 e. The summed E-state index contributed by atoms with van der Waals surface area (Å²) in [6.45, 7) is 1.94. The van der Waals surface area contributed by atoms with Crippen molar-refractivity contribution in [2.45, 2.75) is 37.4 Å². The molecule has 1 saturated carbocycles. The number of nitrogens with one attached hydrogen (secondary N) is 2. The molecule has 0 unspecified atom stereocenters. The van der Waals surface area contributed by atoms with Crippen molar-refractivity contribution in [1.82, 2.24) is 20.5 Å². The SMILES string of the molecule is O=C(C[C@@H]1C(=O)NCCN1Cc1cccnc1)NC1(c2ccccc2)CC1. The Kier molecular flexibility index (Phi) is 4.90. The summed E-state index contributed by atoms with van der Waals surface area (Å²) >= 11 is 0. The summed E-state index contributed by atoms with van der Waals surface area (Å²) in [5.41, 5.74) is 1.93. The van der Waals surface area contributed by atoms with E-state index in [1.54, 1.807) is 12.4 Å². The number of pyridine rings is 1. The van der Waals surface area contributed by atoms with Crippen LogP contribution in [0.5, 0.6) is 0 Å². The van der Waals surface area contributed by atoms with Crippen molar-refractivity contribution in [2.75, 3.05) is 13.1 Å². The first-order valence-electron chi connectivity index (χ1n) is 9.43. The molecule has 2 aromatic rings. The summed E-state index contributed by atoms with van der Waals surface area (Å²) in [6.07, 6.45) is 5.59. The van der Waals surface area contributed by atoms with Gasteiger partial charge in [-0.05, 0) is 30.0 Å². The molecule has 2 heterocycles. The highest BCUT2D eigenvalue weighted by Crippen LogP contribution is 2.45. The first-order valence-corrected chi connectivity index (χ1v) is 9.43. The van der Waals surface area contributed by atoms with Crippen molar-refractivity contribution in [2.24, 2.45) is 0 Å². The highest BCUT2D eigenvalue weighted by Gasteiger charge is 2.46. The Morgan fingerprint density at radius 2 is 2.04 bits per heavy atom. The lowest BCUT2D eigenvalue weighted by atomic mass is 10.0. The molecule has 2 aliphatic rings. The first kappa shape index (κ1) is 17.7. The van der Waals surface area contributed by atoms with E-state index >= 15 is 0 Å². The standard InChI is InChI=1S/C21H24N4O2/c26-19(24-21(8-9-21)17-6-2-1-3-7-17)13-18-20(27)23-11-12-25(18)15-16-5-4-10-22-14-16/h1-7,10,14,18H,8-9,11-13,15H2,(H,23,27)(H,24,26)/t18-/m1/s1. The summed E-state index contributed by atoms with van der Waals surface area (Å²) in [7, 11) is 0. The molecule has 2 amide bonds. The molecule has 1 aliphatic carbocycles. The molecule has 6 heteroatoms. The second kappa shape index (κ2) is 7.48. The summed E-state index contributed by atoms with van der Waals surface area (Å²) in [5.74, 6) is -0.153. The number of benzene rings is 1. The third-order valence-corrected chi connectivity index (χ3v) is 5.38. The van der Waals surface area contributed by atoms with Gasteiger partial charge in [0.05, 0.1) is 18.0 Å². The van der Waals surface area contributed by atoms with Crippen LogP contribution in [0.1, 0.15) is 30.4 Å². The quantitative estimate of drug-likeness (QED) is 0.816.